The fourth-order valence-electron chi connectivity index (χ4n) is 1.98. The molecule has 0 fully saturated rings. The van der Waals surface area contributed by atoms with Crippen molar-refractivity contribution in [3.63, 3.8) is 0 Å². The number of hydrogen-bond donors (Lipinski definition) is 0. The highest BCUT2D eigenvalue weighted by molar-refractivity contribution is 7.99. The maximum Gasteiger partial charge on any atom is 0.121 e. The Kier molecular flexibility index (Phi) is 5.70. The second-order valence-corrected chi connectivity index (χ2v) is 5.80. The molecular weight excluding hydrogens is 252 g/mol. The van der Waals surface area contributed by atoms with E-state index in [1.54, 1.807) is 0 Å². The maximum absolute atomic E-state index is 10.8. The zero-order valence-electron chi connectivity index (χ0n) is 10.9. The zero-order valence-corrected chi connectivity index (χ0v) is 11.7. The van der Waals surface area contributed by atoms with Gasteiger partial charge in [0.15, 0.2) is 0 Å². The van der Waals surface area contributed by atoms with Crippen molar-refractivity contribution in [3.8, 4) is 0 Å². The molecule has 0 spiro atoms. The molecule has 1 atom stereocenters. The van der Waals surface area contributed by atoms with Gasteiger partial charge in [-0.2, -0.15) is 11.8 Å². The Hall–Kier alpha value is -1.54. The van der Waals surface area contributed by atoms with E-state index in [4.69, 9.17) is 0 Å². The molecule has 0 aliphatic carbocycles. The molecule has 2 rings (SSSR count). The van der Waals surface area contributed by atoms with E-state index in [0.717, 1.165) is 18.5 Å². The Morgan fingerprint density at radius 3 is 2.05 bits per heavy atom. The minimum atomic E-state index is 0.361. The lowest BCUT2D eigenvalue weighted by Crippen LogP contribution is -2.08. The van der Waals surface area contributed by atoms with Gasteiger partial charge in [0.25, 0.3) is 0 Å². The third-order valence-electron chi connectivity index (χ3n) is 2.99. The van der Waals surface area contributed by atoms with Crippen molar-refractivity contribution in [2.75, 3.05) is 0 Å². The highest BCUT2D eigenvalue weighted by Crippen LogP contribution is 2.23. The van der Waals surface area contributed by atoms with Crippen LogP contribution >= 0.6 is 11.8 Å². The minimum Gasteiger partial charge on any atom is -0.303 e. The summed E-state index contributed by atoms with van der Waals surface area (Å²) in [6.45, 7) is 0. The quantitative estimate of drug-likeness (QED) is 0.704. The summed E-state index contributed by atoms with van der Waals surface area (Å²) in [7, 11) is 0. The van der Waals surface area contributed by atoms with Crippen LogP contribution in [0.4, 0.5) is 0 Å². The van der Waals surface area contributed by atoms with Crippen molar-refractivity contribution in [1.82, 2.24) is 0 Å². The van der Waals surface area contributed by atoms with E-state index in [2.05, 4.69) is 48.5 Å². The first kappa shape index (κ1) is 13.9. The Morgan fingerprint density at radius 2 is 1.47 bits per heavy atom. The van der Waals surface area contributed by atoms with Gasteiger partial charge in [0.05, 0.1) is 0 Å². The largest absolute Gasteiger partial charge is 0.303 e. The Morgan fingerprint density at radius 1 is 0.895 bits per heavy atom. The molecule has 1 nitrogen and oxygen atoms in total. The molecule has 2 heteroatoms. The minimum absolute atomic E-state index is 0.361. The fraction of sp³-hybridized carbons (Fsp3) is 0.235. The summed E-state index contributed by atoms with van der Waals surface area (Å²) in [5.41, 5.74) is 2.62. The molecule has 2 aromatic rings. The maximum atomic E-state index is 10.8. The molecule has 0 aromatic heterocycles. The van der Waals surface area contributed by atoms with Crippen LogP contribution in [0.15, 0.2) is 60.7 Å². The van der Waals surface area contributed by atoms with E-state index in [1.165, 1.54) is 11.1 Å². The molecule has 0 heterocycles. The van der Waals surface area contributed by atoms with Crippen LogP contribution in [-0.2, 0) is 17.0 Å². The SMILES string of the molecule is O=CCC(Cc1ccccc1)SCc1ccccc1. The number of thioether (sulfide) groups is 1. The lowest BCUT2D eigenvalue weighted by Gasteiger charge is -2.14. The molecule has 0 radical (unpaired) electrons. The molecule has 0 N–H and O–H groups in total. The second-order valence-electron chi connectivity index (χ2n) is 4.51. The molecule has 0 bridgehead atoms. The van der Waals surface area contributed by atoms with Crippen molar-refractivity contribution >= 4 is 18.0 Å². The number of hydrogen-bond acceptors (Lipinski definition) is 2. The van der Waals surface area contributed by atoms with E-state index in [0.29, 0.717) is 11.7 Å². The van der Waals surface area contributed by atoms with Crippen molar-refractivity contribution in [3.05, 3.63) is 71.8 Å². The van der Waals surface area contributed by atoms with Gasteiger partial charge in [-0.3, -0.25) is 0 Å². The number of carbonyl (C=O) groups is 1. The fourth-order valence-corrected chi connectivity index (χ4v) is 3.13. The topological polar surface area (TPSA) is 17.1 Å². The second kappa shape index (κ2) is 7.80. The van der Waals surface area contributed by atoms with Crippen LogP contribution in [-0.4, -0.2) is 11.5 Å². The Balaban J connectivity index is 1.91. The van der Waals surface area contributed by atoms with Crippen molar-refractivity contribution < 1.29 is 4.79 Å². The van der Waals surface area contributed by atoms with Gasteiger partial charge in [-0.05, 0) is 17.5 Å². The first-order valence-electron chi connectivity index (χ1n) is 6.51. The van der Waals surface area contributed by atoms with Gasteiger partial charge in [-0.15, -0.1) is 0 Å². The van der Waals surface area contributed by atoms with Crippen molar-refractivity contribution in [2.45, 2.75) is 23.8 Å². The molecule has 0 aliphatic heterocycles. The van der Waals surface area contributed by atoms with Crippen LogP contribution in [0.3, 0.4) is 0 Å². The van der Waals surface area contributed by atoms with Gasteiger partial charge in [0.2, 0.25) is 0 Å². The summed E-state index contributed by atoms with van der Waals surface area (Å²) in [5.74, 6) is 0.964. The summed E-state index contributed by atoms with van der Waals surface area (Å²) in [4.78, 5) is 10.8. The van der Waals surface area contributed by atoms with Gasteiger partial charge in [-0.25, -0.2) is 0 Å². The Bertz CT molecular complexity index is 481. The summed E-state index contributed by atoms with van der Waals surface area (Å²) in [5, 5.41) is 0.361. The molecule has 0 saturated heterocycles. The number of rotatable bonds is 7. The highest BCUT2D eigenvalue weighted by atomic mass is 32.2. The summed E-state index contributed by atoms with van der Waals surface area (Å²) >= 11 is 1.86. The van der Waals surface area contributed by atoms with Crippen molar-refractivity contribution in [2.24, 2.45) is 0 Å². The van der Waals surface area contributed by atoms with Crippen LogP contribution in [0.1, 0.15) is 17.5 Å². The lowest BCUT2D eigenvalue weighted by atomic mass is 10.1. The summed E-state index contributed by atoms with van der Waals surface area (Å²) in [6.07, 6.45) is 2.61. The standard InChI is InChI=1S/C17H18OS/c18-12-11-17(13-15-7-3-1-4-8-15)19-14-16-9-5-2-6-10-16/h1-10,12,17H,11,13-14H2. The number of carbonyl (C=O) groups excluding carboxylic acids is 1. The molecule has 0 amide bonds. The zero-order chi connectivity index (χ0) is 13.3. The average molecular weight is 270 g/mol. The molecular formula is C17H18OS. The van der Waals surface area contributed by atoms with Gasteiger partial charge >= 0.3 is 0 Å². The molecule has 19 heavy (non-hydrogen) atoms. The first-order chi connectivity index (χ1) is 9.38. The van der Waals surface area contributed by atoms with Crippen molar-refractivity contribution in [1.29, 1.82) is 0 Å². The predicted molar refractivity (Wildman–Crippen MR) is 82.4 cm³/mol. The monoisotopic (exact) mass is 270 g/mol. The van der Waals surface area contributed by atoms with Crippen LogP contribution in [0.25, 0.3) is 0 Å². The van der Waals surface area contributed by atoms with Gasteiger partial charge in [-0.1, -0.05) is 60.7 Å². The third-order valence-corrected chi connectivity index (χ3v) is 4.32. The Labute approximate surface area is 119 Å². The van der Waals surface area contributed by atoms with Crippen LogP contribution in [0.2, 0.25) is 0 Å². The first-order valence-corrected chi connectivity index (χ1v) is 7.56. The van der Waals surface area contributed by atoms with E-state index in [-0.39, 0.29) is 0 Å². The molecule has 0 saturated carbocycles. The van der Waals surface area contributed by atoms with Gasteiger partial charge in [0.1, 0.15) is 6.29 Å². The molecule has 2 aromatic carbocycles. The number of benzene rings is 2. The average Bonchev–Trinajstić information content (AvgIpc) is 2.47. The van der Waals surface area contributed by atoms with Gasteiger partial charge < -0.3 is 4.79 Å². The number of aldehydes is 1. The summed E-state index contributed by atoms with van der Waals surface area (Å²) < 4.78 is 0. The van der Waals surface area contributed by atoms with E-state index in [9.17, 15) is 4.79 Å². The van der Waals surface area contributed by atoms with E-state index in [1.807, 2.05) is 23.9 Å². The van der Waals surface area contributed by atoms with Crippen LogP contribution < -0.4 is 0 Å². The van der Waals surface area contributed by atoms with E-state index < -0.39 is 0 Å². The van der Waals surface area contributed by atoms with Crippen LogP contribution in [0.5, 0.6) is 0 Å². The normalized spacial score (nSPS) is 12.0. The molecule has 1 unspecified atom stereocenters. The highest BCUT2D eigenvalue weighted by Gasteiger charge is 2.10. The smallest absolute Gasteiger partial charge is 0.121 e. The molecule has 98 valence electrons. The lowest BCUT2D eigenvalue weighted by molar-refractivity contribution is -0.107. The third kappa shape index (κ3) is 4.92. The predicted octanol–water partition coefficient (Wildman–Crippen LogP) is 4.12. The van der Waals surface area contributed by atoms with E-state index >= 15 is 0 Å². The van der Waals surface area contributed by atoms with Gasteiger partial charge in [0, 0.05) is 17.4 Å². The molecule has 0 aliphatic rings. The van der Waals surface area contributed by atoms with Crippen LogP contribution in [0, 0.1) is 0 Å². The summed E-state index contributed by atoms with van der Waals surface area (Å²) in [6, 6.07) is 20.8.